The Morgan fingerprint density at radius 3 is 2.39 bits per heavy atom. The zero-order valence-electron chi connectivity index (χ0n) is 22.5. The highest BCUT2D eigenvalue weighted by atomic mass is 35.5. The number of benzene rings is 3. The molecule has 0 spiro atoms. The molecule has 1 aliphatic rings. The molecule has 1 heterocycles. The summed E-state index contributed by atoms with van der Waals surface area (Å²) in [6, 6.07) is 15.4. The number of piperidine rings is 1. The van der Waals surface area contributed by atoms with Crippen LogP contribution >= 0.6 is 23.2 Å². The van der Waals surface area contributed by atoms with Gasteiger partial charge in [0.1, 0.15) is 6.04 Å². The fourth-order valence-electron chi connectivity index (χ4n) is 4.77. The summed E-state index contributed by atoms with van der Waals surface area (Å²) in [6.45, 7) is 0.176. The first-order valence-corrected chi connectivity index (χ1v) is 15.0. The molecule has 3 aromatic rings. The van der Waals surface area contributed by atoms with Crippen molar-refractivity contribution >= 4 is 45.1 Å². The zero-order chi connectivity index (χ0) is 29.7. The van der Waals surface area contributed by atoms with Gasteiger partial charge in [0.05, 0.1) is 25.0 Å². The minimum atomic E-state index is -3.93. The van der Waals surface area contributed by atoms with E-state index in [4.69, 9.17) is 32.7 Å². The van der Waals surface area contributed by atoms with Gasteiger partial charge in [-0.3, -0.25) is 4.79 Å². The van der Waals surface area contributed by atoms with E-state index in [1.807, 2.05) is 12.1 Å². The van der Waals surface area contributed by atoms with E-state index < -0.39 is 33.9 Å². The van der Waals surface area contributed by atoms with E-state index in [9.17, 15) is 23.1 Å². The van der Waals surface area contributed by atoms with Gasteiger partial charge < -0.3 is 19.9 Å². The van der Waals surface area contributed by atoms with E-state index in [2.05, 4.69) is 5.32 Å². The number of methoxy groups -OCH3 is 2. The molecule has 0 aromatic heterocycles. The molecule has 0 bridgehead atoms. The Morgan fingerprint density at radius 1 is 1.02 bits per heavy atom. The summed E-state index contributed by atoms with van der Waals surface area (Å²) in [7, 11) is -1.06. The molecule has 1 aliphatic heterocycles. The van der Waals surface area contributed by atoms with Crippen LogP contribution in [0.3, 0.4) is 0 Å². The Hall–Kier alpha value is -3.31. The van der Waals surface area contributed by atoms with Crippen LogP contribution in [0.25, 0.3) is 11.1 Å². The topological polar surface area (TPSA) is 122 Å². The number of carboxylic acid groups (broad SMARTS) is 1. The third-order valence-electron chi connectivity index (χ3n) is 7.00. The van der Waals surface area contributed by atoms with Crippen LogP contribution in [0.4, 0.5) is 0 Å². The first-order chi connectivity index (χ1) is 19.5. The Kier molecular flexibility index (Phi) is 9.80. The van der Waals surface area contributed by atoms with Crippen molar-refractivity contribution < 1.29 is 32.6 Å². The van der Waals surface area contributed by atoms with Gasteiger partial charge in [-0.2, -0.15) is 4.31 Å². The summed E-state index contributed by atoms with van der Waals surface area (Å²) >= 11 is 12.4. The van der Waals surface area contributed by atoms with E-state index >= 15 is 0 Å². The van der Waals surface area contributed by atoms with Gasteiger partial charge in [0.25, 0.3) is 0 Å². The standard InChI is InChI=1S/C29H30Cl2N2O7S/c1-39-26-12-10-22(16-27(26)40-2)41(37,38)33-13-3-4-20(17-33)28(34)32-25(29(35)36)14-18-5-7-19(8-6-18)23-15-21(30)9-11-24(23)31/h5-12,15-16,20,25H,3-4,13-14,17H2,1-2H3,(H,32,34)(H,35,36)/t20?,25-/m0/s1. The van der Waals surface area contributed by atoms with Crippen LogP contribution in [0.2, 0.25) is 10.0 Å². The zero-order valence-corrected chi connectivity index (χ0v) is 24.8. The van der Waals surface area contributed by atoms with Crippen LogP contribution in [0.1, 0.15) is 18.4 Å². The molecule has 3 aromatic carbocycles. The molecule has 2 N–H and O–H groups in total. The number of nitrogens with one attached hydrogen (secondary N) is 1. The second-order valence-electron chi connectivity index (χ2n) is 9.64. The summed E-state index contributed by atoms with van der Waals surface area (Å²) in [4.78, 5) is 25.2. The van der Waals surface area contributed by atoms with Crippen molar-refractivity contribution in [3.63, 3.8) is 0 Å². The fourth-order valence-corrected chi connectivity index (χ4v) is 6.70. The quantitative estimate of drug-likeness (QED) is 0.331. The third-order valence-corrected chi connectivity index (χ3v) is 9.42. The van der Waals surface area contributed by atoms with E-state index in [1.54, 1.807) is 30.3 Å². The molecule has 2 atom stereocenters. The molecule has 1 fully saturated rings. The van der Waals surface area contributed by atoms with Crippen molar-refractivity contribution in [1.82, 2.24) is 9.62 Å². The number of carboxylic acids is 1. The van der Waals surface area contributed by atoms with Crippen molar-refractivity contribution in [1.29, 1.82) is 0 Å². The van der Waals surface area contributed by atoms with Crippen LogP contribution in [0.5, 0.6) is 11.5 Å². The van der Waals surface area contributed by atoms with Crippen LogP contribution in [0, 0.1) is 5.92 Å². The largest absolute Gasteiger partial charge is 0.493 e. The molecule has 0 aliphatic carbocycles. The van der Waals surface area contributed by atoms with E-state index in [0.717, 1.165) is 11.1 Å². The van der Waals surface area contributed by atoms with Gasteiger partial charge in [0.15, 0.2) is 11.5 Å². The molecule has 1 saturated heterocycles. The maximum absolute atomic E-state index is 13.4. The number of halogens is 2. The van der Waals surface area contributed by atoms with Gasteiger partial charge in [0.2, 0.25) is 15.9 Å². The van der Waals surface area contributed by atoms with E-state index in [0.29, 0.717) is 34.2 Å². The van der Waals surface area contributed by atoms with Gasteiger partial charge in [-0.15, -0.1) is 0 Å². The van der Waals surface area contributed by atoms with Crippen LogP contribution in [-0.2, 0) is 26.0 Å². The van der Waals surface area contributed by atoms with Gasteiger partial charge in [-0.25, -0.2) is 13.2 Å². The SMILES string of the molecule is COc1ccc(S(=O)(=O)N2CCCC(C(=O)N[C@@H](Cc3ccc(-c4cc(Cl)ccc4Cl)cc3)C(=O)O)C2)cc1OC. The molecular weight excluding hydrogens is 591 g/mol. The summed E-state index contributed by atoms with van der Waals surface area (Å²) in [6.07, 6.45) is 0.937. The Bertz CT molecular complexity index is 1530. The van der Waals surface area contributed by atoms with Crippen molar-refractivity contribution in [2.75, 3.05) is 27.3 Å². The number of carbonyl (C=O) groups is 2. The van der Waals surface area contributed by atoms with Gasteiger partial charge in [0, 0.05) is 41.2 Å². The summed E-state index contributed by atoms with van der Waals surface area (Å²) in [5, 5.41) is 13.5. The monoisotopic (exact) mass is 620 g/mol. The number of sulfonamides is 1. The summed E-state index contributed by atoms with van der Waals surface area (Å²) < 4.78 is 38.4. The lowest BCUT2D eigenvalue weighted by Gasteiger charge is -2.32. The number of ether oxygens (including phenoxy) is 2. The van der Waals surface area contributed by atoms with E-state index in [1.165, 1.54) is 36.7 Å². The molecule has 1 amide bonds. The first-order valence-electron chi connectivity index (χ1n) is 12.8. The third kappa shape index (κ3) is 7.13. The summed E-state index contributed by atoms with van der Waals surface area (Å²) in [5.41, 5.74) is 2.26. The maximum atomic E-state index is 13.4. The number of carbonyl (C=O) groups excluding carboxylic acids is 1. The Balaban J connectivity index is 1.44. The lowest BCUT2D eigenvalue weighted by Crippen LogP contribution is -2.50. The molecule has 41 heavy (non-hydrogen) atoms. The Morgan fingerprint density at radius 2 is 1.73 bits per heavy atom. The number of hydrogen-bond donors (Lipinski definition) is 2. The smallest absolute Gasteiger partial charge is 0.326 e. The molecular formula is C29H30Cl2N2O7S. The maximum Gasteiger partial charge on any atom is 0.326 e. The molecule has 4 rings (SSSR count). The predicted octanol–water partition coefficient (Wildman–Crippen LogP) is 4.89. The Labute approximate surface area is 249 Å². The lowest BCUT2D eigenvalue weighted by molar-refractivity contribution is -0.142. The summed E-state index contributed by atoms with van der Waals surface area (Å²) in [5.74, 6) is -1.73. The second-order valence-corrected chi connectivity index (χ2v) is 12.4. The molecule has 0 saturated carbocycles. The van der Waals surface area contributed by atoms with Gasteiger partial charge >= 0.3 is 5.97 Å². The fraction of sp³-hybridized carbons (Fsp3) is 0.310. The van der Waals surface area contributed by atoms with Gasteiger partial charge in [-0.05, 0) is 54.3 Å². The molecule has 0 radical (unpaired) electrons. The van der Waals surface area contributed by atoms with E-state index in [-0.39, 0.29) is 30.2 Å². The normalized spacial score (nSPS) is 16.5. The number of rotatable bonds is 10. The van der Waals surface area contributed by atoms with Crippen molar-refractivity contribution in [3.05, 3.63) is 76.3 Å². The highest BCUT2D eigenvalue weighted by Crippen LogP contribution is 2.33. The minimum absolute atomic E-state index is 0.0159. The van der Waals surface area contributed by atoms with Crippen molar-refractivity contribution in [3.8, 4) is 22.6 Å². The van der Waals surface area contributed by atoms with Crippen molar-refractivity contribution in [2.45, 2.75) is 30.2 Å². The minimum Gasteiger partial charge on any atom is -0.493 e. The van der Waals surface area contributed by atoms with Crippen LogP contribution in [-0.4, -0.2) is 63.1 Å². The number of aliphatic carboxylic acids is 1. The number of hydrogen-bond acceptors (Lipinski definition) is 6. The highest BCUT2D eigenvalue weighted by molar-refractivity contribution is 7.89. The van der Waals surface area contributed by atoms with Crippen molar-refractivity contribution in [2.24, 2.45) is 5.92 Å². The van der Waals surface area contributed by atoms with Gasteiger partial charge in [-0.1, -0.05) is 47.5 Å². The molecule has 218 valence electrons. The average Bonchev–Trinajstić information content (AvgIpc) is 2.98. The first kappa shape index (κ1) is 30.6. The number of amides is 1. The average molecular weight is 622 g/mol. The second kappa shape index (κ2) is 13.1. The molecule has 1 unspecified atom stereocenters. The van der Waals surface area contributed by atoms with Crippen LogP contribution in [0.15, 0.2) is 65.6 Å². The predicted molar refractivity (Wildman–Crippen MR) is 156 cm³/mol. The number of nitrogens with zero attached hydrogens (tertiary/aromatic N) is 1. The lowest BCUT2D eigenvalue weighted by atomic mass is 9.97. The highest BCUT2D eigenvalue weighted by Gasteiger charge is 2.35. The molecule has 12 heteroatoms. The van der Waals surface area contributed by atoms with Crippen LogP contribution < -0.4 is 14.8 Å². The molecule has 9 nitrogen and oxygen atoms in total.